The normalized spacial score (nSPS) is 19.0. The van der Waals surface area contributed by atoms with Crippen molar-refractivity contribution in [1.29, 1.82) is 0 Å². The maximum atomic E-state index is 13.5. The Labute approximate surface area is 207 Å². The van der Waals surface area contributed by atoms with Crippen LogP contribution >= 0.6 is 0 Å². The fourth-order valence-corrected chi connectivity index (χ4v) is 3.99. The number of alkyl halides is 6. The van der Waals surface area contributed by atoms with Crippen molar-refractivity contribution >= 4 is 5.97 Å². The van der Waals surface area contributed by atoms with Crippen LogP contribution in [0.5, 0.6) is 0 Å². The zero-order valence-electron chi connectivity index (χ0n) is 19.0. The first-order chi connectivity index (χ1) is 17.4. The summed E-state index contributed by atoms with van der Waals surface area (Å²) < 4.78 is 105. The molecule has 0 bridgehead atoms. The number of hydrogen-bond donors (Lipinski definition) is 0. The number of carbonyl (C=O) groups is 1. The molecule has 196 valence electrons. The molecule has 1 fully saturated rings. The predicted molar refractivity (Wildman–Crippen MR) is 118 cm³/mol. The van der Waals surface area contributed by atoms with Gasteiger partial charge in [0.05, 0.1) is 23.3 Å². The van der Waals surface area contributed by atoms with Gasteiger partial charge >= 0.3 is 18.3 Å². The van der Waals surface area contributed by atoms with Crippen LogP contribution in [0, 0.1) is 5.82 Å². The molecule has 1 heterocycles. The fraction of sp³-hybridized carbons (Fsp3) is 0.269. The molecular weight excluding hydrogens is 507 g/mol. The largest absolute Gasteiger partial charge is 0.439 e. The van der Waals surface area contributed by atoms with Crippen molar-refractivity contribution in [2.45, 2.75) is 31.2 Å². The van der Waals surface area contributed by atoms with Gasteiger partial charge in [-0.05, 0) is 41.5 Å². The van der Waals surface area contributed by atoms with E-state index in [2.05, 4.69) is 0 Å². The lowest BCUT2D eigenvalue weighted by atomic mass is 10.0. The maximum absolute atomic E-state index is 13.5. The van der Waals surface area contributed by atoms with E-state index < -0.39 is 53.2 Å². The van der Waals surface area contributed by atoms with Gasteiger partial charge in [-0.15, -0.1) is 0 Å². The highest BCUT2D eigenvalue weighted by Crippen LogP contribution is 2.37. The van der Waals surface area contributed by atoms with Crippen molar-refractivity contribution < 1.29 is 45.0 Å². The summed E-state index contributed by atoms with van der Waals surface area (Å²) in [4.78, 5) is 14.7. The molecule has 1 saturated heterocycles. The van der Waals surface area contributed by atoms with E-state index in [0.717, 1.165) is 17.7 Å². The van der Waals surface area contributed by atoms with Crippen LogP contribution < -0.4 is 0 Å². The number of nitrogens with zero attached hydrogens (tertiary/aromatic N) is 1. The van der Waals surface area contributed by atoms with E-state index in [1.807, 2.05) is 12.1 Å². The van der Waals surface area contributed by atoms with Crippen molar-refractivity contribution in [1.82, 2.24) is 4.90 Å². The molecule has 11 heteroatoms. The molecule has 0 radical (unpaired) electrons. The van der Waals surface area contributed by atoms with E-state index >= 15 is 0 Å². The first kappa shape index (κ1) is 26.6. The summed E-state index contributed by atoms with van der Waals surface area (Å²) in [6.45, 7) is 0.682. The summed E-state index contributed by atoms with van der Waals surface area (Å²) in [6, 6.07) is 14.7. The molecule has 4 rings (SSSR count). The lowest BCUT2D eigenvalue weighted by Gasteiger charge is -2.40. The zero-order chi connectivity index (χ0) is 26.8. The van der Waals surface area contributed by atoms with E-state index in [1.165, 1.54) is 12.1 Å². The Morgan fingerprint density at radius 2 is 1.49 bits per heavy atom. The molecular formula is C26H20F7NO3. The Balaban J connectivity index is 1.70. The Hall–Kier alpha value is -3.44. The summed E-state index contributed by atoms with van der Waals surface area (Å²) in [7, 11) is 0. The minimum Gasteiger partial charge on any atom is -0.439 e. The average Bonchev–Trinajstić information content (AvgIpc) is 2.85. The molecule has 0 spiro atoms. The van der Waals surface area contributed by atoms with E-state index in [0.29, 0.717) is 17.7 Å². The van der Waals surface area contributed by atoms with Gasteiger partial charge in [0.2, 0.25) is 0 Å². The summed E-state index contributed by atoms with van der Waals surface area (Å²) in [5.74, 6) is -1.92. The van der Waals surface area contributed by atoms with Crippen molar-refractivity contribution in [3.8, 4) is 0 Å². The monoisotopic (exact) mass is 527 g/mol. The molecule has 0 amide bonds. The molecule has 3 aromatic carbocycles. The number of hydrogen-bond acceptors (Lipinski definition) is 4. The third-order valence-electron chi connectivity index (χ3n) is 5.77. The van der Waals surface area contributed by atoms with Gasteiger partial charge in [0.15, 0.2) is 6.23 Å². The Kier molecular flexibility index (Phi) is 7.56. The van der Waals surface area contributed by atoms with Gasteiger partial charge in [-0.3, -0.25) is 4.90 Å². The van der Waals surface area contributed by atoms with E-state index in [-0.39, 0.29) is 25.8 Å². The molecule has 0 saturated carbocycles. The number of rotatable bonds is 5. The summed E-state index contributed by atoms with van der Waals surface area (Å²) >= 11 is 0. The third kappa shape index (κ3) is 6.47. The second-order valence-electron chi connectivity index (χ2n) is 8.39. The quantitative estimate of drug-likeness (QED) is 0.276. The van der Waals surface area contributed by atoms with Gasteiger partial charge in [-0.25, -0.2) is 9.18 Å². The highest BCUT2D eigenvalue weighted by molar-refractivity contribution is 5.90. The number of morpholine rings is 1. The van der Waals surface area contributed by atoms with Crippen LogP contribution in [0.3, 0.4) is 0 Å². The number of esters is 1. The zero-order valence-corrected chi connectivity index (χ0v) is 19.0. The second-order valence-corrected chi connectivity index (χ2v) is 8.39. The third-order valence-corrected chi connectivity index (χ3v) is 5.77. The van der Waals surface area contributed by atoms with Crippen LogP contribution in [0.25, 0.3) is 0 Å². The standard InChI is InChI=1S/C26H20F7NO3/c27-21-8-6-17(7-9-21)22-23(34(10-11-36-22)15-16-4-2-1-3-5-16)37-24(35)18-12-19(25(28,29)30)14-20(13-18)26(31,32)33/h1-9,12-14,22-23H,10-11,15H2/t22-,23+/m1/s1. The van der Waals surface area contributed by atoms with Crippen LogP contribution in [0.2, 0.25) is 0 Å². The van der Waals surface area contributed by atoms with Crippen molar-refractivity contribution in [3.05, 3.63) is 106 Å². The first-order valence-electron chi connectivity index (χ1n) is 11.1. The lowest BCUT2D eigenvalue weighted by Crippen LogP contribution is -2.49. The summed E-state index contributed by atoms with van der Waals surface area (Å²) in [5.41, 5.74) is -2.94. The van der Waals surface area contributed by atoms with Crippen LogP contribution in [-0.4, -0.2) is 30.2 Å². The molecule has 0 aromatic heterocycles. The highest BCUT2D eigenvalue weighted by Gasteiger charge is 2.40. The van der Waals surface area contributed by atoms with Crippen molar-refractivity contribution in [3.63, 3.8) is 0 Å². The molecule has 1 aliphatic heterocycles. The Bertz CT molecular complexity index is 1200. The average molecular weight is 527 g/mol. The molecule has 4 nitrogen and oxygen atoms in total. The minimum atomic E-state index is -5.12. The SMILES string of the molecule is O=C(O[C@H]1[C@@H](c2ccc(F)cc2)OCCN1Cc1ccccc1)c1cc(C(F)(F)F)cc(C(F)(F)F)c1. The molecule has 2 atom stereocenters. The fourth-order valence-electron chi connectivity index (χ4n) is 3.99. The number of carbonyl (C=O) groups excluding carboxylic acids is 1. The molecule has 0 unspecified atom stereocenters. The van der Waals surface area contributed by atoms with Crippen molar-refractivity contribution in [2.75, 3.05) is 13.2 Å². The Morgan fingerprint density at radius 1 is 0.892 bits per heavy atom. The molecule has 0 aliphatic carbocycles. The van der Waals surface area contributed by atoms with E-state index in [4.69, 9.17) is 9.47 Å². The second kappa shape index (κ2) is 10.5. The van der Waals surface area contributed by atoms with Crippen molar-refractivity contribution in [2.24, 2.45) is 0 Å². The predicted octanol–water partition coefficient (Wildman–Crippen LogP) is 6.62. The molecule has 3 aromatic rings. The van der Waals surface area contributed by atoms with Crippen LogP contribution in [0.1, 0.15) is 38.7 Å². The smallest absolute Gasteiger partial charge is 0.416 e. The van der Waals surface area contributed by atoms with Gasteiger partial charge in [0.1, 0.15) is 11.9 Å². The first-order valence-corrected chi connectivity index (χ1v) is 11.1. The summed E-state index contributed by atoms with van der Waals surface area (Å²) in [5, 5.41) is 0. The number of ether oxygens (including phenoxy) is 2. The maximum Gasteiger partial charge on any atom is 0.416 e. The van der Waals surface area contributed by atoms with Crippen LogP contribution in [0.4, 0.5) is 30.7 Å². The van der Waals surface area contributed by atoms with E-state index in [9.17, 15) is 35.5 Å². The van der Waals surface area contributed by atoms with Gasteiger partial charge in [0.25, 0.3) is 0 Å². The van der Waals surface area contributed by atoms with Gasteiger partial charge in [-0.1, -0.05) is 42.5 Å². The van der Waals surface area contributed by atoms with Gasteiger partial charge in [0, 0.05) is 13.1 Å². The number of benzene rings is 3. The lowest BCUT2D eigenvalue weighted by molar-refractivity contribution is -0.165. The molecule has 37 heavy (non-hydrogen) atoms. The number of halogens is 7. The summed E-state index contributed by atoms with van der Waals surface area (Å²) in [6.07, 6.45) is -12.5. The van der Waals surface area contributed by atoms with Gasteiger partial charge < -0.3 is 9.47 Å². The van der Waals surface area contributed by atoms with Gasteiger partial charge in [-0.2, -0.15) is 26.3 Å². The molecule has 0 N–H and O–H groups in total. The molecule has 1 aliphatic rings. The minimum absolute atomic E-state index is 0.0659. The Morgan fingerprint density at radius 3 is 2.05 bits per heavy atom. The van der Waals surface area contributed by atoms with Crippen LogP contribution in [0.15, 0.2) is 72.8 Å². The van der Waals surface area contributed by atoms with E-state index in [1.54, 1.807) is 23.1 Å². The van der Waals surface area contributed by atoms with Crippen LogP contribution in [-0.2, 0) is 28.4 Å². The highest BCUT2D eigenvalue weighted by atomic mass is 19.4. The topological polar surface area (TPSA) is 38.8 Å².